The Hall–Kier alpha value is -2.96. The van der Waals surface area contributed by atoms with Crippen molar-refractivity contribution in [2.24, 2.45) is 5.41 Å². The lowest BCUT2D eigenvalue weighted by molar-refractivity contribution is 0.164. The highest BCUT2D eigenvalue weighted by molar-refractivity contribution is 5.57. The molecule has 0 aliphatic rings. The Morgan fingerprint density at radius 3 is 2.59 bits per heavy atom. The maximum atomic E-state index is 13.5. The van der Waals surface area contributed by atoms with Gasteiger partial charge in [-0.15, -0.1) is 5.10 Å². The molecule has 1 N–H and O–H groups in total. The molecule has 2 aromatic heterocycles. The molecule has 154 valence electrons. The van der Waals surface area contributed by atoms with E-state index in [1.54, 1.807) is 29.9 Å². The van der Waals surface area contributed by atoms with E-state index >= 15 is 0 Å². The van der Waals surface area contributed by atoms with E-state index in [9.17, 15) is 14.3 Å². The van der Waals surface area contributed by atoms with Gasteiger partial charge in [0, 0.05) is 29.9 Å². The second-order valence-corrected chi connectivity index (χ2v) is 8.95. The van der Waals surface area contributed by atoms with Crippen LogP contribution in [0.5, 0.6) is 5.75 Å². The lowest BCUT2D eigenvalue weighted by Crippen LogP contribution is -2.36. The molecule has 0 saturated carbocycles. The van der Waals surface area contributed by atoms with Crippen LogP contribution in [-0.2, 0) is 12.1 Å². The van der Waals surface area contributed by atoms with Gasteiger partial charge in [0.1, 0.15) is 11.5 Å². The van der Waals surface area contributed by atoms with Crippen LogP contribution >= 0.6 is 0 Å². The zero-order valence-electron chi connectivity index (χ0n) is 17.5. The number of aromatic nitrogens is 4. The summed E-state index contributed by atoms with van der Waals surface area (Å²) in [5.41, 5.74) is 0.981. The van der Waals surface area contributed by atoms with Gasteiger partial charge in [0.05, 0.1) is 11.9 Å². The lowest BCUT2D eigenvalue weighted by atomic mass is 9.79. The van der Waals surface area contributed by atoms with Crippen molar-refractivity contribution in [1.82, 2.24) is 19.6 Å². The van der Waals surface area contributed by atoms with E-state index in [0.717, 1.165) is 6.42 Å². The van der Waals surface area contributed by atoms with Gasteiger partial charge in [-0.05, 0) is 44.7 Å². The molecule has 0 bridgehead atoms. The fourth-order valence-corrected chi connectivity index (χ4v) is 4.19. The van der Waals surface area contributed by atoms with Crippen LogP contribution in [0.15, 0.2) is 47.5 Å². The smallest absolute Gasteiger partial charge is 0.223 e. The largest absolute Gasteiger partial charge is 0.503 e. The average Bonchev–Trinajstić information content (AvgIpc) is 3.06. The molecule has 0 aliphatic carbocycles. The van der Waals surface area contributed by atoms with Crippen LogP contribution in [0.3, 0.4) is 0 Å². The maximum Gasteiger partial charge on any atom is 0.223 e. The van der Waals surface area contributed by atoms with Gasteiger partial charge in [-0.3, -0.25) is 9.48 Å². The summed E-state index contributed by atoms with van der Waals surface area (Å²) in [6.45, 7) is 10.8. The summed E-state index contributed by atoms with van der Waals surface area (Å²) in [6, 6.07) is 7.68. The van der Waals surface area contributed by atoms with E-state index < -0.39 is 0 Å². The van der Waals surface area contributed by atoms with E-state index in [1.165, 1.54) is 18.2 Å². The highest BCUT2D eigenvalue weighted by atomic mass is 19.1. The number of benzene rings is 1. The summed E-state index contributed by atoms with van der Waals surface area (Å²) in [7, 11) is 0. The number of rotatable bonds is 6. The molecule has 0 spiro atoms. The number of halogens is 1. The molecule has 0 atom stereocenters. The number of hydrogen-bond donors (Lipinski definition) is 1. The molecule has 3 rings (SSSR count). The van der Waals surface area contributed by atoms with Gasteiger partial charge in [0.2, 0.25) is 5.43 Å². The number of aromatic hydroxyl groups is 1. The fraction of sp³-hybridized carbons (Fsp3) is 0.409. The molecule has 0 fully saturated rings. The predicted molar refractivity (Wildman–Crippen MR) is 110 cm³/mol. The quantitative estimate of drug-likeness (QED) is 0.678. The Balaban J connectivity index is 1.79. The first-order chi connectivity index (χ1) is 13.5. The Kier molecular flexibility index (Phi) is 5.34. The molecule has 6 nitrogen and oxygen atoms in total. The van der Waals surface area contributed by atoms with E-state index in [2.05, 4.69) is 38.0 Å². The zero-order chi connectivity index (χ0) is 21.4. The van der Waals surface area contributed by atoms with Crippen molar-refractivity contribution in [1.29, 1.82) is 0 Å². The van der Waals surface area contributed by atoms with Gasteiger partial charge in [-0.1, -0.05) is 31.2 Å². The first-order valence-electron chi connectivity index (χ1n) is 9.56. The van der Waals surface area contributed by atoms with E-state index in [0.29, 0.717) is 23.5 Å². The first-order valence-corrected chi connectivity index (χ1v) is 9.56. The van der Waals surface area contributed by atoms with Crippen molar-refractivity contribution in [3.05, 3.63) is 64.5 Å². The molecular formula is C22H27FN4O2. The first kappa shape index (κ1) is 20.8. The number of pyridine rings is 1. The average molecular weight is 398 g/mol. The second kappa shape index (κ2) is 7.46. The SMILES string of the molecule is Cc1c(O)c(=O)ccn1C(C)(C)CC(C)(C)Cn1cc(-c2cccc(F)c2)nn1. The van der Waals surface area contributed by atoms with Gasteiger partial charge >= 0.3 is 0 Å². The lowest BCUT2D eigenvalue weighted by Gasteiger charge is -2.38. The van der Waals surface area contributed by atoms with Crippen LogP contribution in [0.25, 0.3) is 11.3 Å². The highest BCUT2D eigenvalue weighted by Gasteiger charge is 2.32. The Morgan fingerprint density at radius 2 is 1.90 bits per heavy atom. The fourth-order valence-electron chi connectivity index (χ4n) is 4.19. The van der Waals surface area contributed by atoms with Gasteiger partial charge in [-0.2, -0.15) is 0 Å². The van der Waals surface area contributed by atoms with Crippen LogP contribution in [0.2, 0.25) is 0 Å². The van der Waals surface area contributed by atoms with E-state index in [-0.39, 0.29) is 27.9 Å². The van der Waals surface area contributed by atoms with Gasteiger partial charge in [0.25, 0.3) is 0 Å². The molecule has 1 aromatic carbocycles. The van der Waals surface area contributed by atoms with Crippen molar-refractivity contribution >= 4 is 0 Å². The molecule has 3 aromatic rings. The molecule has 2 heterocycles. The molecule has 0 amide bonds. The Bertz CT molecular complexity index is 1080. The van der Waals surface area contributed by atoms with Crippen molar-refractivity contribution < 1.29 is 9.50 Å². The monoisotopic (exact) mass is 398 g/mol. The molecular weight excluding hydrogens is 371 g/mol. The summed E-state index contributed by atoms with van der Waals surface area (Å²) >= 11 is 0. The maximum absolute atomic E-state index is 13.5. The van der Waals surface area contributed by atoms with Crippen molar-refractivity contribution in [3.8, 4) is 17.0 Å². The second-order valence-electron chi connectivity index (χ2n) is 8.95. The molecule has 29 heavy (non-hydrogen) atoms. The van der Waals surface area contributed by atoms with Gasteiger partial charge < -0.3 is 9.67 Å². The van der Waals surface area contributed by atoms with Crippen molar-refractivity contribution in [2.75, 3.05) is 0 Å². The summed E-state index contributed by atoms with van der Waals surface area (Å²) in [5, 5.41) is 18.4. The third-order valence-corrected chi connectivity index (χ3v) is 5.12. The van der Waals surface area contributed by atoms with Crippen LogP contribution < -0.4 is 5.43 Å². The third-order valence-electron chi connectivity index (χ3n) is 5.12. The van der Waals surface area contributed by atoms with E-state index in [4.69, 9.17) is 0 Å². The summed E-state index contributed by atoms with van der Waals surface area (Å²) in [6.07, 6.45) is 4.31. The molecule has 0 unspecified atom stereocenters. The van der Waals surface area contributed by atoms with Gasteiger partial charge in [0.15, 0.2) is 5.75 Å². The zero-order valence-corrected chi connectivity index (χ0v) is 17.5. The minimum Gasteiger partial charge on any atom is -0.503 e. The third kappa shape index (κ3) is 4.55. The normalized spacial score (nSPS) is 12.3. The minimum atomic E-state index is -0.374. The molecule has 7 heteroatoms. The van der Waals surface area contributed by atoms with E-state index in [1.807, 2.05) is 10.8 Å². The predicted octanol–water partition coefficient (Wildman–Crippen LogP) is 4.11. The molecule has 0 saturated heterocycles. The minimum absolute atomic E-state index is 0.165. The highest BCUT2D eigenvalue weighted by Crippen LogP contribution is 2.35. The van der Waals surface area contributed by atoms with Crippen LogP contribution in [0.4, 0.5) is 4.39 Å². The van der Waals surface area contributed by atoms with Gasteiger partial charge in [-0.25, -0.2) is 4.39 Å². The Morgan fingerprint density at radius 1 is 1.17 bits per heavy atom. The van der Waals surface area contributed by atoms with Crippen LogP contribution in [0.1, 0.15) is 39.8 Å². The molecule has 0 aliphatic heterocycles. The Labute approximate surface area is 169 Å². The van der Waals surface area contributed by atoms with Crippen LogP contribution in [0, 0.1) is 18.2 Å². The van der Waals surface area contributed by atoms with Crippen molar-refractivity contribution in [3.63, 3.8) is 0 Å². The van der Waals surface area contributed by atoms with Crippen LogP contribution in [-0.4, -0.2) is 24.7 Å². The number of nitrogens with zero attached hydrogens (tertiary/aromatic N) is 4. The molecule has 0 radical (unpaired) electrons. The number of hydrogen-bond acceptors (Lipinski definition) is 4. The standard InChI is InChI=1S/C22H27FN4O2/c1-15-20(29)19(28)9-10-27(15)22(4,5)13-21(2,3)14-26-12-18(24-25-26)16-7-6-8-17(23)11-16/h6-12,29H,13-14H2,1-5H3. The van der Waals surface area contributed by atoms with Crippen molar-refractivity contribution in [2.45, 2.75) is 53.1 Å². The summed E-state index contributed by atoms with van der Waals surface area (Å²) in [5.74, 6) is -0.520. The topological polar surface area (TPSA) is 72.9 Å². The summed E-state index contributed by atoms with van der Waals surface area (Å²) in [4.78, 5) is 11.7. The summed E-state index contributed by atoms with van der Waals surface area (Å²) < 4.78 is 17.2.